The Morgan fingerprint density at radius 1 is 1.38 bits per heavy atom. The van der Waals surface area contributed by atoms with E-state index in [4.69, 9.17) is 0 Å². The normalized spacial score (nSPS) is 12.9. The summed E-state index contributed by atoms with van der Waals surface area (Å²) in [5.74, 6) is 0.762. The van der Waals surface area contributed by atoms with E-state index in [2.05, 4.69) is 19.9 Å². The first-order valence-corrected chi connectivity index (χ1v) is 6.59. The summed E-state index contributed by atoms with van der Waals surface area (Å²) >= 11 is 1.66. The fraction of sp³-hybridized carbons (Fsp3) is 0.357. The van der Waals surface area contributed by atoms with Gasteiger partial charge in [0.15, 0.2) is 5.78 Å². The van der Waals surface area contributed by atoms with E-state index in [1.165, 1.54) is 4.70 Å². The molecule has 0 bridgehead atoms. The van der Waals surface area contributed by atoms with Gasteiger partial charge in [-0.2, -0.15) is 0 Å². The van der Waals surface area contributed by atoms with Crippen LogP contribution in [0, 0.1) is 5.92 Å². The first-order chi connectivity index (χ1) is 7.72. The van der Waals surface area contributed by atoms with E-state index in [-0.39, 0.29) is 5.78 Å². The topological polar surface area (TPSA) is 17.1 Å². The molecule has 0 N–H and O–H groups in total. The summed E-state index contributed by atoms with van der Waals surface area (Å²) in [6.45, 7) is 4.26. The van der Waals surface area contributed by atoms with Crippen molar-refractivity contribution >= 4 is 27.2 Å². The van der Waals surface area contributed by atoms with Gasteiger partial charge in [0.05, 0.1) is 0 Å². The second-order valence-electron chi connectivity index (χ2n) is 4.29. The van der Waals surface area contributed by atoms with Crippen LogP contribution in [0.3, 0.4) is 0 Å². The van der Waals surface area contributed by atoms with Crippen LogP contribution < -0.4 is 0 Å². The maximum absolute atomic E-state index is 12.1. The molecule has 0 amide bonds. The second-order valence-corrected chi connectivity index (χ2v) is 5.20. The molecule has 1 aromatic carbocycles. The van der Waals surface area contributed by atoms with Gasteiger partial charge >= 0.3 is 0 Å². The highest BCUT2D eigenvalue weighted by Crippen LogP contribution is 2.27. The molecular formula is C14H16OS. The minimum atomic E-state index is 0.284. The van der Waals surface area contributed by atoms with Crippen molar-refractivity contribution in [2.75, 3.05) is 0 Å². The Hall–Kier alpha value is -1.15. The number of carbonyl (C=O) groups excluding carboxylic acids is 1. The van der Waals surface area contributed by atoms with Gasteiger partial charge in [0.1, 0.15) is 0 Å². The first-order valence-electron chi connectivity index (χ1n) is 5.71. The van der Waals surface area contributed by atoms with Crippen LogP contribution in [0.15, 0.2) is 29.6 Å². The Kier molecular flexibility index (Phi) is 3.39. The summed E-state index contributed by atoms with van der Waals surface area (Å²) in [4.78, 5) is 12.1. The number of fused-ring (bicyclic) bond motifs is 1. The van der Waals surface area contributed by atoms with Crippen LogP contribution in [0.2, 0.25) is 0 Å². The third-order valence-corrected chi connectivity index (χ3v) is 3.98. The van der Waals surface area contributed by atoms with E-state index < -0.39 is 0 Å². The van der Waals surface area contributed by atoms with E-state index in [0.29, 0.717) is 12.3 Å². The molecule has 1 heterocycles. The molecule has 0 saturated heterocycles. The fourth-order valence-corrected chi connectivity index (χ4v) is 2.73. The Morgan fingerprint density at radius 2 is 2.12 bits per heavy atom. The lowest BCUT2D eigenvalue weighted by atomic mass is 9.98. The third-order valence-electron chi connectivity index (χ3n) is 3.01. The number of hydrogen-bond donors (Lipinski definition) is 0. The molecule has 0 spiro atoms. The standard InChI is InChI=1S/C14H16OS/c1-3-10(2)8-13(15)12-9-16-14-7-5-4-6-11(12)14/h4-7,9-10H,3,8H2,1-2H3. The summed E-state index contributed by atoms with van der Waals surface area (Å²) in [7, 11) is 0. The van der Waals surface area contributed by atoms with Crippen LogP contribution >= 0.6 is 11.3 Å². The predicted molar refractivity (Wildman–Crippen MR) is 70.2 cm³/mol. The Balaban J connectivity index is 2.30. The van der Waals surface area contributed by atoms with Crippen molar-refractivity contribution in [2.24, 2.45) is 5.92 Å². The largest absolute Gasteiger partial charge is 0.294 e. The highest BCUT2D eigenvalue weighted by molar-refractivity contribution is 7.17. The molecule has 2 heteroatoms. The molecule has 2 rings (SSSR count). The monoisotopic (exact) mass is 232 g/mol. The zero-order valence-corrected chi connectivity index (χ0v) is 10.5. The summed E-state index contributed by atoms with van der Waals surface area (Å²) in [6, 6.07) is 8.12. The van der Waals surface area contributed by atoms with Crippen molar-refractivity contribution in [3.8, 4) is 0 Å². The van der Waals surface area contributed by atoms with Gasteiger partial charge in [0, 0.05) is 27.5 Å². The molecule has 1 nitrogen and oxygen atoms in total. The Morgan fingerprint density at radius 3 is 2.88 bits per heavy atom. The minimum absolute atomic E-state index is 0.284. The van der Waals surface area contributed by atoms with Crippen molar-refractivity contribution in [3.63, 3.8) is 0 Å². The summed E-state index contributed by atoms with van der Waals surface area (Å²) < 4.78 is 1.20. The number of rotatable bonds is 4. The molecule has 2 aromatic rings. The number of benzene rings is 1. The number of ketones is 1. The van der Waals surface area contributed by atoms with Crippen LogP contribution in [0.1, 0.15) is 37.0 Å². The maximum atomic E-state index is 12.1. The fourth-order valence-electron chi connectivity index (χ4n) is 1.76. The van der Waals surface area contributed by atoms with Crippen LogP contribution in [0.25, 0.3) is 10.1 Å². The number of Topliss-reactive ketones (excluding diaryl/α,β-unsaturated/α-hetero) is 1. The van der Waals surface area contributed by atoms with Crippen molar-refractivity contribution in [2.45, 2.75) is 26.7 Å². The van der Waals surface area contributed by atoms with E-state index in [1.807, 2.05) is 23.6 Å². The van der Waals surface area contributed by atoms with Gasteiger partial charge in [-0.05, 0) is 12.0 Å². The molecule has 0 radical (unpaired) electrons. The van der Waals surface area contributed by atoms with Crippen molar-refractivity contribution < 1.29 is 4.79 Å². The Labute approximate surface area is 100 Å². The maximum Gasteiger partial charge on any atom is 0.164 e. The van der Waals surface area contributed by atoms with Crippen molar-refractivity contribution in [3.05, 3.63) is 35.2 Å². The average molecular weight is 232 g/mol. The quantitative estimate of drug-likeness (QED) is 0.708. The summed E-state index contributed by atoms with van der Waals surface area (Å²) in [5.41, 5.74) is 0.904. The molecule has 0 aliphatic heterocycles. The Bertz CT molecular complexity index is 498. The second kappa shape index (κ2) is 4.79. The smallest absolute Gasteiger partial charge is 0.164 e. The summed E-state index contributed by atoms with van der Waals surface area (Å²) in [5, 5.41) is 3.11. The lowest BCUT2D eigenvalue weighted by molar-refractivity contribution is 0.0965. The van der Waals surface area contributed by atoms with E-state index in [9.17, 15) is 4.79 Å². The number of thiophene rings is 1. The SMILES string of the molecule is CCC(C)CC(=O)c1csc2ccccc12. The molecule has 1 unspecified atom stereocenters. The molecular weight excluding hydrogens is 216 g/mol. The lowest BCUT2D eigenvalue weighted by Gasteiger charge is -2.06. The van der Waals surface area contributed by atoms with Crippen molar-refractivity contribution in [1.29, 1.82) is 0 Å². The van der Waals surface area contributed by atoms with E-state index >= 15 is 0 Å². The van der Waals surface area contributed by atoms with E-state index in [1.54, 1.807) is 11.3 Å². The van der Waals surface area contributed by atoms with Gasteiger partial charge in [-0.15, -0.1) is 11.3 Å². The summed E-state index contributed by atoms with van der Waals surface area (Å²) in [6.07, 6.45) is 1.73. The minimum Gasteiger partial charge on any atom is -0.294 e. The van der Waals surface area contributed by atoms with Crippen LogP contribution in [-0.4, -0.2) is 5.78 Å². The molecule has 0 aliphatic rings. The van der Waals surface area contributed by atoms with Crippen molar-refractivity contribution in [1.82, 2.24) is 0 Å². The van der Waals surface area contributed by atoms with Gasteiger partial charge < -0.3 is 0 Å². The van der Waals surface area contributed by atoms with Crippen LogP contribution in [0.5, 0.6) is 0 Å². The molecule has 16 heavy (non-hydrogen) atoms. The molecule has 0 saturated carbocycles. The van der Waals surface area contributed by atoms with E-state index in [0.717, 1.165) is 17.4 Å². The number of carbonyl (C=O) groups is 1. The highest BCUT2D eigenvalue weighted by atomic mass is 32.1. The zero-order valence-electron chi connectivity index (χ0n) is 9.69. The zero-order chi connectivity index (χ0) is 11.5. The van der Waals surface area contributed by atoms with Gasteiger partial charge in [-0.3, -0.25) is 4.79 Å². The lowest BCUT2D eigenvalue weighted by Crippen LogP contribution is -2.04. The van der Waals surface area contributed by atoms with Crippen LogP contribution in [0.4, 0.5) is 0 Å². The average Bonchev–Trinajstić information content (AvgIpc) is 2.72. The number of hydrogen-bond acceptors (Lipinski definition) is 2. The molecule has 1 aromatic heterocycles. The van der Waals surface area contributed by atoms with Gasteiger partial charge in [0.25, 0.3) is 0 Å². The van der Waals surface area contributed by atoms with Gasteiger partial charge in [-0.1, -0.05) is 38.5 Å². The molecule has 84 valence electrons. The van der Waals surface area contributed by atoms with Gasteiger partial charge in [-0.25, -0.2) is 0 Å². The molecule has 0 fully saturated rings. The molecule has 1 atom stereocenters. The van der Waals surface area contributed by atoms with Crippen LogP contribution in [-0.2, 0) is 0 Å². The highest BCUT2D eigenvalue weighted by Gasteiger charge is 2.14. The predicted octanol–water partition coefficient (Wildman–Crippen LogP) is 4.52. The first kappa shape index (κ1) is 11.3. The third kappa shape index (κ3) is 2.17. The van der Waals surface area contributed by atoms with Gasteiger partial charge in [0.2, 0.25) is 0 Å². The molecule has 0 aliphatic carbocycles.